The van der Waals surface area contributed by atoms with E-state index in [1.807, 2.05) is 24.3 Å². The second-order valence-electron chi connectivity index (χ2n) is 11.8. The van der Waals surface area contributed by atoms with Crippen LogP contribution in [0.3, 0.4) is 0 Å². The normalized spacial score (nSPS) is 12.0. The minimum atomic E-state index is 0.877. The van der Waals surface area contributed by atoms with E-state index in [-0.39, 0.29) is 0 Å². The van der Waals surface area contributed by atoms with Gasteiger partial charge in [0.05, 0.1) is 11.1 Å². The average Bonchev–Trinajstić information content (AvgIpc) is 3.65. The van der Waals surface area contributed by atoms with Crippen molar-refractivity contribution in [2.45, 2.75) is 0 Å². The highest BCUT2D eigenvalue weighted by Crippen LogP contribution is 2.44. The number of rotatable bonds is 3. The van der Waals surface area contributed by atoms with Crippen LogP contribution in [0.4, 0.5) is 17.1 Å². The van der Waals surface area contributed by atoms with Crippen molar-refractivity contribution in [1.29, 1.82) is 0 Å². The first-order valence-electron chi connectivity index (χ1n) is 15.3. The van der Waals surface area contributed by atoms with E-state index in [0.717, 1.165) is 60.9 Å². The minimum Gasteiger partial charge on any atom is -0.456 e. The fourth-order valence-electron chi connectivity index (χ4n) is 7.10. The van der Waals surface area contributed by atoms with Crippen molar-refractivity contribution in [3.63, 3.8) is 0 Å². The van der Waals surface area contributed by atoms with Crippen molar-refractivity contribution in [3.8, 4) is 0 Å². The first-order chi connectivity index (χ1) is 22.3. The van der Waals surface area contributed by atoms with Crippen molar-refractivity contribution in [1.82, 2.24) is 0 Å². The Hall–Kier alpha value is -6.06. The molecule has 0 aliphatic heterocycles. The summed E-state index contributed by atoms with van der Waals surface area (Å²) in [5, 5.41) is 11.7. The maximum absolute atomic E-state index is 6.33. The lowest BCUT2D eigenvalue weighted by Gasteiger charge is -2.27. The first-order valence-corrected chi connectivity index (χ1v) is 15.3. The zero-order valence-electron chi connectivity index (χ0n) is 24.2. The molecule has 0 amide bonds. The quantitative estimate of drug-likeness (QED) is 0.196. The lowest BCUT2D eigenvalue weighted by Crippen LogP contribution is -2.10. The number of furan rings is 2. The maximum Gasteiger partial charge on any atom is 0.137 e. The molecular weight excluding hydrogens is 550 g/mol. The smallest absolute Gasteiger partial charge is 0.137 e. The highest BCUT2D eigenvalue weighted by Gasteiger charge is 2.20. The Bertz CT molecular complexity index is 2780. The van der Waals surface area contributed by atoms with Crippen LogP contribution in [-0.2, 0) is 0 Å². The van der Waals surface area contributed by atoms with Gasteiger partial charge in [0.2, 0.25) is 0 Å². The molecule has 0 unspecified atom stereocenters. The molecule has 10 rings (SSSR count). The van der Waals surface area contributed by atoms with Gasteiger partial charge in [0.25, 0.3) is 0 Å². The molecule has 0 fully saturated rings. The van der Waals surface area contributed by atoms with Crippen molar-refractivity contribution < 1.29 is 8.83 Å². The third-order valence-corrected chi connectivity index (χ3v) is 9.19. The Morgan fingerprint density at radius 3 is 1.82 bits per heavy atom. The fraction of sp³-hybridized carbons (Fsp3) is 0. The standard InChI is InChI=1S/C42H25NO2/c1-2-9-27-22-30(19-18-26(27)8-1)43(37-12-7-15-40-42(37)34-11-4-6-14-39(34)44-40)31-20-21-32-28(23-31)16-17-29-24-41-36(25-35(29)32)33-10-3-5-13-38(33)45-41/h1-25H. The fourth-order valence-corrected chi connectivity index (χ4v) is 7.10. The summed E-state index contributed by atoms with van der Waals surface area (Å²) in [6.45, 7) is 0. The predicted octanol–water partition coefficient (Wildman–Crippen LogP) is 12.4. The van der Waals surface area contributed by atoms with Gasteiger partial charge in [0, 0.05) is 27.5 Å². The van der Waals surface area contributed by atoms with Crippen LogP contribution >= 0.6 is 0 Å². The summed E-state index contributed by atoms with van der Waals surface area (Å²) in [6, 6.07) is 53.9. The van der Waals surface area contributed by atoms with Gasteiger partial charge in [-0.2, -0.15) is 0 Å². The largest absolute Gasteiger partial charge is 0.456 e. The lowest BCUT2D eigenvalue weighted by atomic mass is 9.98. The second kappa shape index (κ2) is 9.22. The van der Waals surface area contributed by atoms with Gasteiger partial charge in [-0.3, -0.25) is 0 Å². The van der Waals surface area contributed by atoms with Gasteiger partial charge in [-0.1, -0.05) is 91.0 Å². The molecule has 2 heterocycles. The number of hydrogen-bond acceptors (Lipinski definition) is 3. The molecule has 2 aromatic heterocycles. The Morgan fingerprint density at radius 2 is 0.956 bits per heavy atom. The number of hydrogen-bond donors (Lipinski definition) is 0. The number of fused-ring (bicyclic) bond motifs is 10. The van der Waals surface area contributed by atoms with Gasteiger partial charge in [-0.25, -0.2) is 0 Å². The second-order valence-corrected chi connectivity index (χ2v) is 11.8. The lowest BCUT2D eigenvalue weighted by molar-refractivity contribution is 0.669. The zero-order valence-corrected chi connectivity index (χ0v) is 24.2. The summed E-state index contributed by atoms with van der Waals surface area (Å²) < 4.78 is 12.5. The first kappa shape index (κ1) is 24.4. The molecule has 0 radical (unpaired) electrons. The van der Waals surface area contributed by atoms with Gasteiger partial charge in [0.15, 0.2) is 0 Å². The molecule has 0 bridgehead atoms. The van der Waals surface area contributed by atoms with Crippen LogP contribution < -0.4 is 4.90 Å². The van der Waals surface area contributed by atoms with Crippen LogP contribution in [-0.4, -0.2) is 0 Å². The molecule has 45 heavy (non-hydrogen) atoms. The Balaban J connectivity index is 1.24. The molecule has 0 aliphatic carbocycles. The van der Waals surface area contributed by atoms with Crippen LogP contribution in [0.15, 0.2) is 160 Å². The highest BCUT2D eigenvalue weighted by atomic mass is 16.3. The third kappa shape index (κ3) is 3.65. The minimum absolute atomic E-state index is 0.877. The summed E-state index contributed by atoms with van der Waals surface area (Å²) in [4.78, 5) is 2.37. The van der Waals surface area contributed by atoms with Crippen LogP contribution in [0.1, 0.15) is 0 Å². The molecule has 0 spiro atoms. The topological polar surface area (TPSA) is 29.5 Å². The molecule has 0 N–H and O–H groups in total. The molecule has 0 atom stereocenters. The van der Waals surface area contributed by atoms with Crippen LogP contribution in [0.5, 0.6) is 0 Å². The summed E-state index contributed by atoms with van der Waals surface area (Å²) in [6.07, 6.45) is 0. The van der Waals surface area contributed by atoms with Crippen molar-refractivity contribution in [3.05, 3.63) is 152 Å². The van der Waals surface area contributed by atoms with Crippen LogP contribution in [0, 0.1) is 0 Å². The molecule has 0 aliphatic rings. The van der Waals surface area contributed by atoms with E-state index in [9.17, 15) is 0 Å². The highest BCUT2D eigenvalue weighted by molar-refractivity contribution is 6.17. The molecule has 210 valence electrons. The van der Waals surface area contributed by atoms with Crippen molar-refractivity contribution in [2.75, 3.05) is 4.90 Å². The molecular formula is C42H25NO2. The Morgan fingerprint density at radius 1 is 0.333 bits per heavy atom. The van der Waals surface area contributed by atoms with Gasteiger partial charge in [-0.15, -0.1) is 0 Å². The van der Waals surface area contributed by atoms with E-state index in [1.165, 1.54) is 32.3 Å². The van der Waals surface area contributed by atoms with E-state index in [4.69, 9.17) is 8.83 Å². The monoisotopic (exact) mass is 575 g/mol. The molecule has 3 heteroatoms. The molecule has 0 saturated carbocycles. The van der Waals surface area contributed by atoms with E-state index >= 15 is 0 Å². The van der Waals surface area contributed by atoms with Crippen molar-refractivity contribution in [2.24, 2.45) is 0 Å². The van der Waals surface area contributed by atoms with Crippen molar-refractivity contribution >= 4 is 93.3 Å². The zero-order chi connectivity index (χ0) is 29.5. The van der Waals surface area contributed by atoms with Gasteiger partial charge < -0.3 is 13.7 Å². The maximum atomic E-state index is 6.33. The number of nitrogens with zero attached hydrogens (tertiary/aromatic N) is 1. The van der Waals surface area contributed by atoms with Gasteiger partial charge >= 0.3 is 0 Å². The average molecular weight is 576 g/mol. The van der Waals surface area contributed by atoms with Gasteiger partial charge in [-0.05, 0) is 93.0 Å². The van der Waals surface area contributed by atoms with E-state index < -0.39 is 0 Å². The number of benzene rings is 8. The van der Waals surface area contributed by atoms with Crippen LogP contribution in [0.25, 0.3) is 76.2 Å². The predicted molar refractivity (Wildman–Crippen MR) is 188 cm³/mol. The van der Waals surface area contributed by atoms with E-state index in [2.05, 4.69) is 132 Å². The SMILES string of the molecule is c1ccc2cc(N(c3ccc4c(ccc5cc6oc7ccccc7c6cc54)c3)c3cccc4oc5ccccc5c34)ccc2c1. The molecule has 8 aromatic carbocycles. The summed E-state index contributed by atoms with van der Waals surface area (Å²) in [7, 11) is 0. The Labute approximate surface area is 258 Å². The Kier molecular flexibility index (Phi) is 5.00. The third-order valence-electron chi connectivity index (χ3n) is 9.19. The van der Waals surface area contributed by atoms with Crippen LogP contribution in [0.2, 0.25) is 0 Å². The number of para-hydroxylation sites is 2. The summed E-state index contributed by atoms with van der Waals surface area (Å²) in [5.74, 6) is 0. The van der Waals surface area contributed by atoms with Gasteiger partial charge in [0.1, 0.15) is 22.3 Å². The molecule has 0 saturated heterocycles. The summed E-state index contributed by atoms with van der Waals surface area (Å²) in [5.41, 5.74) is 6.87. The number of anilines is 3. The molecule has 10 aromatic rings. The van der Waals surface area contributed by atoms with E-state index in [0.29, 0.717) is 0 Å². The van der Waals surface area contributed by atoms with E-state index in [1.54, 1.807) is 0 Å². The summed E-state index contributed by atoms with van der Waals surface area (Å²) >= 11 is 0. The molecule has 3 nitrogen and oxygen atoms in total.